The highest BCUT2D eigenvalue weighted by molar-refractivity contribution is 6.34. The lowest BCUT2D eigenvalue weighted by Crippen LogP contribution is -2.35. The second kappa shape index (κ2) is 14.2. The van der Waals surface area contributed by atoms with E-state index in [9.17, 15) is 9.59 Å². The Balaban J connectivity index is 1.21. The minimum Gasteiger partial charge on any atom is -0.493 e. The first-order chi connectivity index (χ1) is 22.3. The quantitative estimate of drug-likeness (QED) is 0.151. The fourth-order valence-electron chi connectivity index (χ4n) is 6.42. The molecule has 46 heavy (non-hydrogen) atoms. The predicted molar refractivity (Wildman–Crippen MR) is 176 cm³/mol. The molecule has 0 spiro atoms. The number of anilines is 1. The summed E-state index contributed by atoms with van der Waals surface area (Å²) in [4.78, 5) is 26.3. The van der Waals surface area contributed by atoms with Crippen LogP contribution in [0.2, 0.25) is 5.02 Å². The van der Waals surface area contributed by atoms with Gasteiger partial charge in [0.05, 0.1) is 23.3 Å². The van der Waals surface area contributed by atoms with E-state index in [1.807, 2.05) is 34.9 Å². The van der Waals surface area contributed by atoms with Crippen LogP contribution >= 0.6 is 11.6 Å². The molecule has 2 N–H and O–H groups in total. The molecule has 0 radical (unpaired) electrons. The normalized spacial score (nSPS) is 18.3. The van der Waals surface area contributed by atoms with Gasteiger partial charge in [-0.1, -0.05) is 41.9 Å². The Morgan fingerprint density at radius 1 is 1.07 bits per heavy atom. The molecule has 240 valence electrons. The van der Waals surface area contributed by atoms with Gasteiger partial charge in [0.2, 0.25) is 5.91 Å². The van der Waals surface area contributed by atoms with Crippen LogP contribution in [0, 0.1) is 11.6 Å². The van der Waals surface area contributed by atoms with Crippen molar-refractivity contribution in [3.63, 3.8) is 0 Å². The van der Waals surface area contributed by atoms with Crippen LogP contribution in [0.4, 0.5) is 14.5 Å². The van der Waals surface area contributed by atoms with Crippen molar-refractivity contribution >= 4 is 39.9 Å². The highest BCUT2D eigenvalue weighted by atomic mass is 35.5. The molecule has 3 aromatic carbocycles. The lowest BCUT2D eigenvalue weighted by atomic mass is 9.93. The predicted octanol–water partition coefficient (Wildman–Crippen LogP) is 7.69. The summed E-state index contributed by atoms with van der Waals surface area (Å²) in [6.45, 7) is 1.60. The lowest BCUT2D eigenvalue weighted by molar-refractivity contribution is -0.112. The third-order valence-electron chi connectivity index (χ3n) is 8.79. The summed E-state index contributed by atoms with van der Waals surface area (Å²) in [5.41, 5.74) is 1.87. The maximum Gasteiger partial charge on any atom is 0.248 e. The van der Waals surface area contributed by atoms with Crippen LogP contribution in [0.15, 0.2) is 66.9 Å². The van der Waals surface area contributed by atoms with Crippen molar-refractivity contribution in [2.75, 3.05) is 25.6 Å². The van der Waals surface area contributed by atoms with Crippen molar-refractivity contribution in [2.24, 2.45) is 0 Å². The molecule has 0 bridgehead atoms. The van der Waals surface area contributed by atoms with Crippen molar-refractivity contribution in [1.29, 1.82) is 0 Å². The molecule has 0 saturated heterocycles. The smallest absolute Gasteiger partial charge is 0.248 e. The lowest BCUT2D eigenvalue weighted by Gasteiger charge is -2.27. The van der Waals surface area contributed by atoms with Gasteiger partial charge in [0.15, 0.2) is 5.78 Å². The van der Waals surface area contributed by atoms with Gasteiger partial charge < -0.3 is 24.7 Å². The maximum absolute atomic E-state index is 15.2. The highest BCUT2D eigenvalue weighted by Crippen LogP contribution is 2.42. The summed E-state index contributed by atoms with van der Waals surface area (Å²) < 4.78 is 43.9. The summed E-state index contributed by atoms with van der Waals surface area (Å²) in [6, 6.07) is 13.3. The summed E-state index contributed by atoms with van der Waals surface area (Å²) in [7, 11) is 1.72. The Kier molecular flexibility index (Phi) is 9.82. The summed E-state index contributed by atoms with van der Waals surface area (Å²) >= 11 is 6.66. The number of nitrogens with one attached hydrogen (secondary N) is 2. The monoisotopic (exact) mass is 647 g/mol. The number of hydrogen-bond donors (Lipinski definition) is 2. The van der Waals surface area contributed by atoms with Crippen LogP contribution in [-0.2, 0) is 16.1 Å². The van der Waals surface area contributed by atoms with E-state index >= 15 is 8.78 Å². The summed E-state index contributed by atoms with van der Waals surface area (Å²) in [6.07, 6.45) is 10.4. The molecular weight excluding hydrogens is 612 g/mol. The van der Waals surface area contributed by atoms with Gasteiger partial charge in [-0.05, 0) is 62.8 Å². The van der Waals surface area contributed by atoms with E-state index in [4.69, 9.17) is 21.1 Å². The maximum atomic E-state index is 15.2. The molecule has 1 aromatic heterocycles. The molecule has 2 aliphatic rings. The number of nitrogens with zero attached hydrogens (tertiary/aromatic N) is 1. The topological polar surface area (TPSA) is 81.6 Å². The fourth-order valence-corrected chi connectivity index (χ4v) is 6.69. The minimum atomic E-state index is -1.04. The number of ketones is 1. The van der Waals surface area contributed by atoms with E-state index in [0.29, 0.717) is 53.6 Å². The Morgan fingerprint density at radius 3 is 2.59 bits per heavy atom. The molecule has 2 heterocycles. The Hall–Kier alpha value is -4.05. The summed E-state index contributed by atoms with van der Waals surface area (Å²) in [5.74, 6) is -2.62. The number of carbonyl (C=O) groups is 2. The Bertz CT molecular complexity index is 1770. The molecule has 4 aromatic rings. The first kappa shape index (κ1) is 31.9. The van der Waals surface area contributed by atoms with Crippen molar-refractivity contribution < 1.29 is 27.8 Å². The molecule has 1 fully saturated rings. The van der Waals surface area contributed by atoms with Crippen molar-refractivity contribution in [2.45, 2.75) is 57.2 Å². The number of carbonyl (C=O) groups excluding carboxylic acids is 2. The van der Waals surface area contributed by atoms with Gasteiger partial charge >= 0.3 is 0 Å². The van der Waals surface area contributed by atoms with Crippen LogP contribution in [-0.4, -0.2) is 48.7 Å². The van der Waals surface area contributed by atoms with Crippen LogP contribution in [0.1, 0.15) is 54.4 Å². The zero-order chi connectivity index (χ0) is 32.2. The van der Waals surface area contributed by atoms with Gasteiger partial charge in [0, 0.05) is 66.2 Å². The van der Waals surface area contributed by atoms with E-state index < -0.39 is 29.0 Å². The second-order valence-electron chi connectivity index (χ2n) is 11.8. The van der Waals surface area contributed by atoms with E-state index in [1.54, 1.807) is 25.4 Å². The van der Waals surface area contributed by atoms with Gasteiger partial charge in [0.25, 0.3) is 0 Å². The first-order valence-corrected chi connectivity index (χ1v) is 16.0. The molecule has 1 aliphatic heterocycles. The molecule has 10 heteroatoms. The van der Waals surface area contributed by atoms with Crippen molar-refractivity contribution in [1.82, 2.24) is 9.88 Å². The number of ether oxygens (including phenoxy) is 2. The van der Waals surface area contributed by atoms with Gasteiger partial charge in [-0.15, -0.1) is 0 Å². The number of hydrogen-bond acceptors (Lipinski definition) is 5. The fraction of sp³-hybridized carbons (Fsp3) is 0.333. The molecule has 1 aliphatic carbocycles. The van der Waals surface area contributed by atoms with Gasteiger partial charge in [0.1, 0.15) is 23.1 Å². The van der Waals surface area contributed by atoms with Crippen LogP contribution in [0.25, 0.3) is 22.0 Å². The molecular formula is C36H36ClF2N3O4. The van der Waals surface area contributed by atoms with E-state index in [1.165, 1.54) is 6.08 Å². The average Bonchev–Trinajstić information content (AvgIpc) is 3.43. The Morgan fingerprint density at radius 2 is 1.83 bits per heavy atom. The molecule has 0 unspecified atom stereocenters. The molecule has 0 atom stereocenters. The van der Waals surface area contributed by atoms with E-state index in [-0.39, 0.29) is 5.56 Å². The highest BCUT2D eigenvalue weighted by Gasteiger charge is 2.25. The number of rotatable bonds is 8. The van der Waals surface area contributed by atoms with E-state index in [2.05, 4.69) is 10.6 Å². The molecule has 1 saturated carbocycles. The van der Waals surface area contributed by atoms with Crippen LogP contribution < -0.4 is 15.4 Å². The van der Waals surface area contributed by atoms with Gasteiger partial charge in [-0.25, -0.2) is 8.78 Å². The zero-order valence-electron chi connectivity index (χ0n) is 25.6. The third kappa shape index (κ3) is 6.72. The number of fused-ring (bicyclic) bond motifs is 2. The third-order valence-corrected chi connectivity index (χ3v) is 9.11. The number of halogens is 3. The first-order valence-electron chi connectivity index (χ1n) is 15.6. The van der Waals surface area contributed by atoms with E-state index in [0.717, 1.165) is 67.3 Å². The molecule has 1 amide bonds. The standard InChI is InChI=1S/C36H36ClF2N3O4/c1-45-24-14-12-23(13-15-24)40-16-6-11-32(43)41-34-29(38)19-22(20-30(34)39)36(44)27-21-42-17-2-3-18-46-31-10-5-9-28(37)33(31)26-8-4-7-25(27)35(26)42/h4-11,19-21,23-24,40H,2-3,12-18H2,1H3,(H,41,43)/b11-6+. The number of amides is 1. The SMILES string of the molecule is COC1CCC(NC/C=C/C(=O)Nc2c(F)cc(C(=O)c3cn4c5c(cccc35)-c3c(Cl)cccc3OCCCC4)cc2F)CC1. The summed E-state index contributed by atoms with van der Waals surface area (Å²) in [5, 5.41) is 6.80. The largest absolute Gasteiger partial charge is 0.493 e. The van der Waals surface area contributed by atoms with Gasteiger partial charge in [-0.2, -0.15) is 0 Å². The molecule has 7 nitrogen and oxygen atoms in total. The minimum absolute atomic E-state index is 0.161. The second-order valence-corrected chi connectivity index (χ2v) is 12.2. The van der Waals surface area contributed by atoms with Gasteiger partial charge in [-0.3, -0.25) is 9.59 Å². The zero-order valence-corrected chi connectivity index (χ0v) is 26.3. The number of aryl methyl sites for hydroxylation is 1. The number of aromatic nitrogens is 1. The number of methoxy groups -OCH3 is 1. The average molecular weight is 648 g/mol. The Labute approximate surface area is 271 Å². The van der Waals surface area contributed by atoms with Crippen LogP contribution in [0.5, 0.6) is 5.75 Å². The van der Waals surface area contributed by atoms with Crippen molar-refractivity contribution in [3.05, 3.63) is 94.7 Å². The molecule has 6 rings (SSSR count). The van der Waals surface area contributed by atoms with Crippen LogP contribution in [0.3, 0.4) is 0 Å². The number of para-hydroxylation sites is 1. The van der Waals surface area contributed by atoms with Crippen molar-refractivity contribution in [3.8, 4) is 16.9 Å². The number of benzene rings is 3.